The van der Waals surface area contributed by atoms with Crippen LogP contribution in [-0.4, -0.2) is 125 Å². The van der Waals surface area contributed by atoms with Crippen LogP contribution < -0.4 is 25.6 Å². The number of aromatic nitrogens is 1. The molecule has 5 aliphatic rings. The van der Waals surface area contributed by atoms with Crippen molar-refractivity contribution in [3.05, 3.63) is 52.8 Å². The van der Waals surface area contributed by atoms with Crippen molar-refractivity contribution in [3.8, 4) is 11.8 Å². The highest BCUT2D eigenvalue weighted by atomic mass is 35.5. The second-order valence-electron chi connectivity index (χ2n) is 17.3. The maximum Gasteiger partial charge on any atom is 0.325 e. The quantitative estimate of drug-likeness (QED) is 0.305. The van der Waals surface area contributed by atoms with Crippen LogP contribution in [0.1, 0.15) is 76.9 Å². The van der Waals surface area contributed by atoms with Gasteiger partial charge in [0.25, 0.3) is 11.8 Å². The van der Waals surface area contributed by atoms with Crippen LogP contribution in [0.3, 0.4) is 0 Å². The first-order valence-electron chi connectivity index (χ1n) is 19.3. The minimum absolute atomic E-state index is 0.0630. The largest absolute Gasteiger partial charge is 0.489 e. The lowest BCUT2D eigenvalue weighted by Gasteiger charge is -2.63. The third kappa shape index (κ3) is 7.11. The number of pyridine rings is 1. The number of ether oxygens (including phenoxy) is 1. The lowest BCUT2D eigenvalue weighted by Crippen LogP contribution is -2.74. The van der Waals surface area contributed by atoms with Gasteiger partial charge in [0, 0.05) is 80.8 Å². The van der Waals surface area contributed by atoms with Gasteiger partial charge >= 0.3 is 6.03 Å². The van der Waals surface area contributed by atoms with Gasteiger partial charge in [0.2, 0.25) is 5.91 Å². The zero-order valence-electron chi connectivity index (χ0n) is 32.5. The van der Waals surface area contributed by atoms with Gasteiger partial charge in [-0.15, -0.1) is 0 Å². The predicted molar refractivity (Wildman–Crippen MR) is 207 cm³/mol. The van der Waals surface area contributed by atoms with Crippen LogP contribution in [0.4, 0.5) is 10.5 Å². The zero-order chi connectivity index (χ0) is 39.4. The van der Waals surface area contributed by atoms with Gasteiger partial charge in [0.1, 0.15) is 35.2 Å². The lowest BCUT2D eigenvalue weighted by atomic mass is 9.49. The van der Waals surface area contributed by atoms with Gasteiger partial charge in [0.05, 0.1) is 22.5 Å². The molecule has 0 bridgehead atoms. The second kappa shape index (κ2) is 14.6. The fraction of sp³-hybridized carbons (Fsp3) is 0.600. The van der Waals surface area contributed by atoms with E-state index in [0.29, 0.717) is 35.0 Å². The maximum absolute atomic E-state index is 13.4. The van der Waals surface area contributed by atoms with Crippen molar-refractivity contribution in [2.45, 2.75) is 96.6 Å². The molecule has 4 saturated heterocycles. The molecule has 7 rings (SSSR count). The van der Waals surface area contributed by atoms with Crippen LogP contribution in [-0.2, 0) is 9.59 Å². The summed E-state index contributed by atoms with van der Waals surface area (Å²) in [6, 6.07) is 9.92. The number of piperidine rings is 1. The molecule has 1 aromatic heterocycles. The summed E-state index contributed by atoms with van der Waals surface area (Å²) >= 11 is 6.24. The molecule has 1 aromatic carbocycles. The second-order valence-corrected chi connectivity index (χ2v) is 17.8. The summed E-state index contributed by atoms with van der Waals surface area (Å²) in [6.45, 7) is 17.5. The topological polar surface area (TPSA) is 163 Å². The monoisotopic (exact) mass is 773 g/mol. The van der Waals surface area contributed by atoms with Crippen LogP contribution in [0.2, 0.25) is 5.02 Å². The Labute approximate surface area is 327 Å². The Morgan fingerprint density at radius 3 is 2.38 bits per heavy atom. The molecule has 294 valence electrons. The molecule has 5 fully saturated rings. The average molecular weight is 774 g/mol. The first-order valence-corrected chi connectivity index (χ1v) is 19.7. The number of rotatable bonds is 10. The van der Waals surface area contributed by atoms with Gasteiger partial charge in [0.15, 0.2) is 0 Å². The van der Waals surface area contributed by atoms with Crippen molar-refractivity contribution in [1.29, 1.82) is 5.26 Å². The van der Waals surface area contributed by atoms with E-state index in [-0.39, 0.29) is 52.8 Å². The fourth-order valence-corrected chi connectivity index (χ4v) is 10.1. The molecule has 3 unspecified atom stereocenters. The highest BCUT2D eigenvalue weighted by molar-refractivity contribution is 6.31. The molecule has 2 aromatic rings. The van der Waals surface area contributed by atoms with Crippen molar-refractivity contribution in [2.24, 2.45) is 10.8 Å². The third-order valence-corrected chi connectivity index (χ3v) is 13.0. The molecule has 15 heteroatoms. The van der Waals surface area contributed by atoms with E-state index < -0.39 is 17.6 Å². The number of urea groups is 1. The number of carbonyl (C=O) groups is 4. The molecule has 5 amide bonds. The number of imide groups is 1. The van der Waals surface area contributed by atoms with Gasteiger partial charge in [-0.25, -0.2) is 9.78 Å². The normalized spacial score (nSPS) is 28.3. The Balaban J connectivity index is 0.842. The summed E-state index contributed by atoms with van der Waals surface area (Å²) in [4.78, 5) is 64.3. The number of anilines is 1. The maximum atomic E-state index is 13.4. The molecule has 3 atom stereocenters. The van der Waals surface area contributed by atoms with Crippen LogP contribution in [0.5, 0.6) is 5.75 Å². The molecule has 14 nitrogen and oxygen atoms in total. The number of amides is 5. The highest BCUT2D eigenvalue weighted by Gasteiger charge is 2.64. The number of piperazine rings is 1. The third-order valence-electron chi connectivity index (χ3n) is 12.7. The van der Waals surface area contributed by atoms with Crippen molar-refractivity contribution in [3.63, 3.8) is 0 Å². The Morgan fingerprint density at radius 1 is 1.04 bits per heavy atom. The fourth-order valence-electron chi connectivity index (χ4n) is 9.84. The lowest BCUT2D eigenvalue weighted by molar-refractivity contribution is -0.164. The Bertz CT molecular complexity index is 1870. The number of nitrogens with zero attached hydrogens (tertiary/aromatic N) is 6. The van der Waals surface area contributed by atoms with Crippen molar-refractivity contribution in [1.82, 2.24) is 35.6 Å². The molecule has 4 aliphatic heterocycles. The van der Waals surface area contributed by atoms with Crippen LogP contribution >= 0.6 is 11.6 Å². The van der Waals surface area contributed by atoms with E-state index in [9.17, 15) is 24.4 Å². The first kappa shape index (κ1) is 38.8. The van der Waals surface area contributed by atoms with E-state index in [1.807, 2.05) is 11.0 Å². The van der Waals surface area contributed by atoms with Gasteiger partial charge in [-0.3, -0.25) is 29.5 Å². The smallest absolute Gasteiger partial charge is 0.325 e. The SMILES string of the molecule is CC1(C)C(=O)NC(=O)N1C1CC2CCC(NCCN3CCN(c4ccc(C(=O)N[C@H]5C(C)(C)[C@H](Oc6ccc(C#N)c(Cl)c6)C5(C)C)nc4)CC3)CN2C1=O. The first-order chi connectivity index (χ1) is 26.0. The molecule has 55 heavy (non-hydrogen) atoms. The summed E-state index contributed by atoms with van der Waals surface area (Å²) in [7, 11) is 0. The summed E-state index contributed by atoms with van der Waals surface area (Å²) in [5.74, 6) is -0.0628. The van der Waals surface area contributed by atoms with Crippen molar-refractivity contribution >= 4 is 41.0 Å². The molecule has 1 aliphatic carbocycles. The van der Waals surface area contributed by atoms with Gasteiger partial charge < -0.3 is 25.2 Å². The number of nitriles is 1. The van der Waals surface area contributed by atoms with Crippen LogP contribution in [0.25, 0.3) is 0 Å². The number of halogens is 1. The van der Waals surface area contributed by atoms with Crippen LogP contribution in [0.15, 0.2) is 36.5 Å². The van der Waals surface area contributed by atoms with Crippen molar-refractivity contribution in [2.75, 3.05) is 50.7 Å². The summed E-state index contributed by atoms with van der Waals surface area (Å²) in [5.41, 5.74) is -0.0452. The van der Waals surface area contributed by atoms with Gasteiger partial charge in [-0.05, 0) is 57.4 Å². The summed E-state index contributed by atoms with van der Waals surface area (Å²) < 4.78 is 6.36. The minimum atomic E-state index is -1.04. The predicted octanol–water partition coefficient (Wildman–Crippen LogP) is 3.39. The molecule has 3 N–H and O–H groups in total. The number of hydrogen-bond acceptors (Lipinski definition) is 10. The summed E-state index contributed by atoms with van der Waals surface area (Å²) in [6.07, 6.45) is 3.99. The van der Waals surface area contributed by atoms with E-state index in [4.69, 9.17) is 16.3 Å². The van der Waals surface area contributed by atoms with Gasteiger partial charge in [-0.2, -0.15) is 5.26 Å². The Morgan fingerprint density at radius 2 is 1.76 bits per heavy atom. The minimum Gasteiger partial charge on any atom is -0.489 e. The average Bonchev–Trinajstić information content (AvgIpc) is 3.57. The Hall–Kier alpha value is -4.45. The number of nitrogens with one attached hydrogen (secondary N) is 3. The molecule has 1 saturated carbocycles. The molecule has 5 heterocycles. The number of benzene rings is 1. The van der Waals surface area contributed by atoms with E-state index >= 15 is 0 Å². The molecule has 0 radical (unpaired) electrons. The van der Waals surface area contributed by atoms with Crippen LogP contribution in [0, 0.1) is 22.2 Å². The van der Waals surface area contributed by atoms with E-state index in [1.165, 1.54) is 4.90 Å². The standard InChI is InChI=1S/C40H52ClN9O5/c1-38(2)34(39(3,4)35(38)55-28-11-7-24(21-42)29(41)20-28)45-32(51)30-12-10-27(22-44-30)48-17-15-47(16-18-48)14-13-43-25-8-9-26-19-31(33(52)49(26)23-25)50-37(54)46-36(53)40(50,5)6/h7,10-12,20,22,25-26,31,34-35,43H,8-9,13-19,23H2,1-6H3,(H,45,51)(H,46,53,54)/t25?,26?,31?,34-,35-. The van der Waals surface area contributed by atoms with Crippen molar-refractivity contribution < 1.29 is 23.9 Å². The van der Waals surface area contributed by atoms with E-state index in [2.05, 4.69) is 64.5 Å². The van der Waals surface area contributed by atoms with E-state index in [1.54, 1.807) is 44.3 Å². The number of carbonyl (C=O) groups excluding carboxylic acids is 4. The van der Waals surface area contributed by atoms with E-state index in [0.717, 1.165) is 57.8 Å². The molecule has 0 spiro atoms. The zero-order valence-corrected chi connectivity index (χ0v) is 33.3. The Kier molecular flexibility index (Phi) is 10.3. The number of fused-ring (bicyclic) bond motifs is 1. The highest BCUT2D eigenvalue weighted by Crippen LogP contribution is 2.55. The van der Waals surface area contributed by atoms with Gasteiger partial charge in [-0.1, -0.05) is 39.3 Å². The molecular weight excluding hydrogens is 722 g/mol. The summed E-state index contributed by atoms with van der Waals surface area (Å²) in [5, 5.41) is 18.8. The number of hydrogen-bond donors (Lipinski definition) is 3. The molecular formula is C40H52ClN9O5.